The van der Waals surface area contributed by atoms with Crippen LogP contribution in [0.4, 0.5) is 4.39 Å². The van der Waals surface area contributed by atoms with E-state index in [9.17, 15) is 4.39 Å². The molecule has 1 heterocycles. The zero-order valence-electron chi connectivity index (χ0n) is 10.8. The van der Waals surface area contributed by atoms with E-state index in [0.717, 1.165) is 25.2 Å². The maximum absolute atomic E-state index is 13.1. The normalized spacial score (nSPS) is 21.2. The van der Waals surface area contributed by atoms with Crippen molar-refractivity contribution < 1.29 is 4.39 Å². The Labute approximate surface area is 117 Å². The van der Waals surface area contributed by atoms with Gasteiger partial charge in [0.25, 0.3) is 0 Å². The summed E-state index contributed by atoms with van der Waals surface area (Å²) in [5.74, 6) is -0.200. The maximum atomic E-state index is 13.1. The van der Waals surface area contributed by atoms with Gasteiger partial charge < -0.3 is 10.2 Å². The Morgan fingerprint density at radius 3 is 3.06 bits per heavy atom. The highest BCUT2D eigenvalue weighted by Crippen LogP contribution is 2.17. The molecule has 0 aromatic heterocycles. The molecule has 18 heavy (non-hydrogen) atoms. The molecule has 2 nitrogen and oxygen atoms in total. The van der Waals surface area contributed by atoms with Crippen molar-refractivity contribution in [3.63, 3.8) is 0 Å². The van der Waals surface area contributed by atoms with Crippen LogP contribution >= 0.6 is 15.9 Å². The van der Waals surface area contributed by atoms with Gasteiger partial charge in [-0.3, -0.25) is 0 Å². The van der Waals surface area contributed by atoms with E-state index >= 15 is 0 Å². The van der Waals surface area contributed by atoms with Gasteiger partial charge in [0.05, 0.1) is 4.47 Å². The zero-order valence-corrected chi connectivity index (χ0v) is 12.3. The zero-order chi connectivity index (χ0) is 13.0. The lowest BCUT2D eigenvalue weighted by molar-refractivity contribution is 0.198. The van der Waals surface area contributed by atoms with Gasteiger partial charge in [-0.05, 0) is 59.6 Å². The Morgan fingerprint density at radius 2 is 2.33 bits per heavy atom. The number of benzene rings is 1. The van der Waals surface area contributed by atoms with Crippen LogP contribution in [0.3, 0.4) is 0 Å². The highest BCUT2D eigenvalue weighted by atomic mass is 79.9. The van der Waals surface area contributed by atoms with Gasteiger partial charge in [0, 0.05) is 19.1 Å². The predicted molar refractivity (Wildman–Crippen MR) is 76.1 cm³/mol. The SMILES string of the molecule is CCN1CCCC(NCc2ccc(F)c(Br)c2)C1. The summed E-state index contributed by atoms with van der Waals surface area (Å²) in [7, 11) is 0. The highest BCUT2D eigenvalue weighted by molar-refractivity contribution is 9.10. The number of hydrogen-bond acceptors (Lipinski definition) is 2. The van der Waals surface area contributed by atoms with Gasteiger partial charge in [-0.25, -0.2) is 4.39 Å². The van der Waals surface area contributed by atoms with Crippen LogP contribution in [0.5, 0.6) is 0 Å². The molecule has 0 radical (unpaired) electrons. The molecule has 0 saturated carbocycles. The summed E-state index contributed by atoms with van der Waals surface area (Å²) in [6, 6.07) is 5.76. The monoisotopic (exact) mass is 314 g/mol. The second kappa shape index (κ2) is 6.64. The van der Waals surface area contributed by atoms with E-state index in [-0.39, 0.29) is 5.82 Å². The molecule has 1 aliphatic rings. The van der Waals surface area contributed by atoms with Gasteiger partial charge in [-0.1, -0.05) is 13.0 Å². The Bertz CT molecular complexity index is 397. The van der Waals surface area contributed by atoms with Crippen molar-refractivity contribution in [2.45, 2.75) is 32.4 Å². The average Bonchev–Trinajstić information content (AvgIpc) is 2.40. The second-order valence-corrected chi connectivity index (χ2v) is 5.72. The number of nitrogens with zero attached hydrogens (tertiary/aromatic N) is 1. The molecule has 4 heteroatoms. The fraction of sp³-hybridized carbons (Fsp3) is 0.571. The van der Waals surface area contributed by atoms with Crippen LogP contribution in [0.15, 0.2) is 22.7 Å². The van der Waals surface area contributed by atoms with E-state index in [0.29, 0.717) is 10.5 Å². The minimum atomic E-state index is -0.200. The summed E-state index contributed by atoms with van der Waals surface area (Å²) in [5, 5.41) is 3.56. The molecule has 1 saturated heterocycles. The standard InChI is InChI=1S/C14H20BrFN2/c1-2-18-7-3-4-12(10-18)17-9-11-5-6-14(16)13(15)8-11/h5-6,8,12,17H,2-4,7,9-10H2,1H3. The van der Waals surface area contributed by atoms with Gasteiger partial charge in [0.15, 0.2) is 0 Å². The summed E-state index contributed by atoms with van der Waals surface area (Å²) in [5.41, 5.74) is 1.12. The molecule has 1 aromatic carbocycles. The molecule has 0 aliphatic carbocycles. The van der Waals surface area contributed by atoms with Gasteiger partial charge >= 0.3 is 0 Å². The molecular weight excluding hydrogens is 295 g/mol. The van der Waals surface area contributed by atoms with Crippen molar-refractivity contribution in [3.05, 3.63) is 34.1 Å². The van der Waals surface area contributed by atoms with E-state index in [4.69, 9.17) is 0 Å². The lowest BCUT2D eigenvalue weighted by Crippen LogP contribution is -2.45. The molecule has 0 bridgehead atoms. The van der Waals surface area contributed by atoms with Crippen molar-refractivity contribution in [1.29, 1.82) is 0 Å². The van der Waals surface area contributed by atoms with Crippen LogP contribution in [0.1, 0.15) is 25.3 Å². The number of hydrogen-bond donors (Lipinski definition) is 1. The second-order valence-electron chi connectivity index (χ2n) is 4.86. The van der Waals surface area contributed by atoms with Gasteiger partial charge in [0.2, 0.25) is 0 Å². The van der Waals surface area contributed by atoms with Gasteiger partial charge in [-0.2, -0.15) is 0 Å². The first-order valence-electron chi connectivity index (χ1n) is 6.58. The Hall–Kier alpha value is -0.450. The topological polar surface area (TPSA) is 15.3 Å². The first kappa shape index (κ1) is 14.0. The minimum absolute atomic E-state index is 0.200. The first-order valence-corrected chi connectivity index (χ1v) is 7.38. The van der Waals surface area contributed by atoms with E-state index < -0.39 is 0 Å². The largest absolute Gasteiger partial charge is 0.309 e. The van der Waals surface area contributed by atoms with E-state index in [2.05, 4.69) is 33.1 Å². The molecule has 100 valence electrons. The van der Waals surface area contributed by atoms with Crippen LogP contribution < -0.4 is 5.32 Å². The molecule has 0 amide bonds. The fourth-order valence-corrected chi connectivity index (χ4v) is 2.85. The maximum Gasteiger partial charge on any atom is 0.137 e. The van der Waals surface area contributed by atoms with Crippen molar-refractivity contribution in [3.8, 4) is 0 Å². The third-order valence-corrected chi connectivity index (χ3v) is 4.14. The number of piperidine rings is 1. The van der Waals surface area contributed by atoms with Crippen molar-refractivity contribution in [1.82, 2.24) is 10.2 Å². The number of rotatable bonds is 4. The van der Waals surface area contributed by atoms with Crippen molar-refractivity contribution >= 4 is 15.9 Å². The van der Waals surface area contributed by atoms with Gasteiger partial charge in [0.1, 0.15) is 5.82 Å². The molecule has 1 aromatic rings. The Morgan fingerprint density at radius 1 is 1.50 bits per heavy atom. The molecule has 1 aliphatic heterocycles. The number of nitrogens with one attached hydrogen (secondary N) is 1. The summed E-state index contributed by atoms with van der Waals surface area (Å²) in [6.45, 7) is 6.48. The average molecular weight is 315 g/mol. The Kier molecular flexibility index (Phi) is 5.15. The quantitative estimate of drug-likeness (QED) is 0.918. The fourth-order valence-electron chi connectivity index (χ4n) is 2.42. The summed E-state index contributed by atoms with van der Waals surface area (Å²) >= 11 is 3.22. The molecule has 1 unspecified atom stereocenters. The molecule has 1 atom stereocenters. The van der Waals surface area contributed by atoms with Crippen LogP contribution in [0.2, 0.25) is 0 Å². The summed E-state index contributed by atoms with van der Waals surface area (Å²) in [4.78, 5) is 2.47. The molecule has 0 spiro atoms. The lowest BCUT2D eigenvalue weighted by atomic mass is 10.1. The van der Waals surface area contributed by atoms with Crippen LogP contribution in [-0.4, -0.2) is 30.6 Å². The number of likely N-dealkylation sites (tertiary alicyclic amines) is 1. The Balaban J connectivity index is 1.85. The van der Waals surface area contributed by atoms with Crippen molar-refractivity contribution in [2.24, 2.45) is 0 Å². The molecular formula is C14H20BrFN2. The van der Waals surface area contributed by atoms with E-state index in [1.54, 1.807) is 0 Å². The third-order valence-electron chi connectivity index (χ3n) is 3.53. The summed E-state index contributed by atoms with van der Waals surface area (Å²) < 4.78 is 13.7. The van der Waals surface area contributed by atoms with E-state index in [1.165, 1.54) is 25.5 Å². The minimum Gasteiger partial charge on any atom is -0.309 e. The van der Waals surface area contributed by atoms with Crippen LogP contribution in [0.25, 0.3) is 0 Å². The first-order chi connectivity index (χ1) is 8.69. The molecule has 1 fully saturated rings. The smallest absolute Gasteiger partial charge is 0.137 e. The summed E-state index contributed by atoms with van der Waals surface area (Å²) in [6.07, 6.45) is 2.50. The van der Waals surface area contributed by atoms with Crippen LogP contribution in [-0.2, 0) is 6.54 Å². The van der Waals surface area contributed by atoms with Crippen molar-refractivity contribution in [2.75, 3.05) is 19.6 Å². The number of likely N-dealkylation sites (N-methyl/N-ethyl adjacent to an activating group) is 1. The highest BCUT2D eigenvalue weighted by Gasteiger charge is 2.17. The van der Waals surface area contributed by atoms with Gasteiger partial charge in [-0.15, -0.1) is 0 Å². The lowest BCUT2D eigenvalue weighted by Gasteiger charge is -2.32. The molecule has 2 rings (SSSR count). The third kappa shape index (κ3) is 3.77. The van der Waals surface area contributed by atoms with Crippen LogP contribution in [0, 0.1) is 5.82 Å². The number of halogens is 2. The van der Waals surface area contributed by atoms with E-state index in [1.807, 2.05) is 12.1 Å². The molecule has 1 N–H and O–H groups in total. The predicted octanol–water partition coefficient (Wildman–Crippen LogP) is 3.16.